The van der Waals surface area contributed by atoms with Crippen LogP contribution < -0.4 is 9.64 Å². The first-order chi connectivity index (χ1) is 15.9. The predicted octanol–water partition coefficient (Wildman–Crippen LogP) is 5.24. The molecule has 1 fully saturated rings. The summed E-state index contributed by atoms with van der Waals surface area (Å²) < 4.78 is 5.40. The smallest absolute Gasteiger partial charge is 0.300 e. The van der Waals surface area contributed by atoms with E-state index in [9.17, 15) is 14.7 Å². The Labute approximate surface area is 197 Å². The summed E-state index contributed by atoms with van der Waals surface area (Å²) in [7, 11) is 1.43. The number of aryl methyl sites for hydroxylation is 2. The van der Waals surface area contributed by atoms with Gasteiger partial charge in [-0.15, -0.1) is 0 Å². The number of anilines is 1. The quantitative estimate of drug-likeness (QED) is 0.318. The molecule has 0 bridgehead atoms. The lowest BCUT2D eigenvalue weighted by Gasteiger charge is -2.25. The van der Waals surface area contributed by atoms with E-state index < -0.39 is 17.7 Å². The molecular weight excluding hydrogens is 440 g/mol. The number of aliphatic hydroxyl groups is 1. The van der Waals surface area contributed by atoms with Crippen LogP contribution in [-0.2, 0) is 16.0 Å². The van der Waals surface area contributed by atoms with Gasteiger partial charge < -0.3 is 9.84 Å². The number of ketones is 1. The lowest BCUT2D eigenvalue weighted by atomic mass is 9.95. The minimum absolute atomic E-state index is 0.0486. The lowest BCUT2D eigenvalue weighted by Crippen LogP contribution is -2.29. The Balaban J connectivity index is 1.97. The molecule has 0 radical (unpaired) electrons. The molecule has 1 unspecified atom stereocenters. The van der Waals surface area contributed by atoms with E-state index in [0.29, 0.717) is 16.3 Å². The van der Waals surface area contributed by atoms with Crippen molar-refractivity contribution in [1.29, 1.82) is 0 Å². The number of aromatic nitrogens is 1. The van der Waals surface area contributed by atoms with Gasteiger partial charge in [0.15, 0.2) is 0 Å². The number of hydrogen-bond donors (Lipinski definition) is 1. The Kier molecular flexibility index (Phi) is 6.20. The largest absolute Gasteiger partial charge is 0.507 e. The molecule has 33 heavy (non-hydrogen) atoms. The van der Waals surface area contributed by atoms with Crippen molar-refractivity contribution in [2.75, 3.05) is 12.0 Å². The van der Waals surface area contributed by atoms with E-state index in [1.54, 1.807) is 48.8 Å². The maximum Gasteiger partial charge on any atom is 0.300 e. The fourth-order valence-electron chi connectivity index (χ4n) is 4.10. The number of aliphatic hydroxyl groups excluding tert-OH is 1. The summed E-state index contributed by atoms with van der Waals surface area (Å²) in [4.78, 5) is 32.1. The van der Waals surface area contributed by atoms with E-state index in [1.807, 2.05) is 26.0 Å². The molecule has 6 nitrogen and oxygen atoms in total. The van der Waals surface area contributed by atoms with E-state index >= 15 is 0 Å². The van der Waals surface area contributed by atoms with Crippen LogP contribution in [0.2, 0.25) is 5.02 Å². The number of methoxy groups -OCH3 is 1. The minimum atomic E-state index is -0.866. The molecule has 0 spiro atoms. The zero-order valence-corrected chi connectivity index (χ0v) is 19.3. The van der Waals surface area contributed by atoms with Gasteiger partial charge in [0.2, 0.25) is 0 Å². The van der Waals surface area contributed by atoms with Gasteiger partial charge in [0.05, 0.1) is 29.3 Å². The van der Waals surface area contributed by atoms with Crippen LogP contribution in [0.15, 0.2) is 66.5 Å². The first-order valence-electron chi connectivity index (χ1n) is 10.5. The molecule has 7 heteroatoms. The number of halogens is 1. The Hall–Kier alpha value is -3.64. The standard InChI is InChI=1S/C26H23ClN2O4/c1-4-16-7-9-18(10-8-16)29-22(17-6-5-11-28-14-17)21(24(31)26(29)32)23(30)19-12-15(2)13-20(27)25(19)33-3/h5-14,22,30H,4H2,1-3H3/b23-21+. The maximum atomic E-state index is 13.3. The fourth-order valence-corrected chi connectivity index (χ4v) is 4.45. The van der Waals surface area contributed by atoms with Crippen LogP contribution >= 0.6 is 11.6 Å². The van der Waals surface area contributed by atoms with E-state index in [1.165, 1.54) is 12.0 Å². The minimum Gasteiger partial charge on any atom is -0.507 e. The number of benzene rings is 2. The number of ether oxygens (including phenoxy) is 1. The van der Waals surface area contributed by atoms with Crippen LogP contribution in [0.25, 0.3) is 5.76 Å². The molecule has 2 heterocycles. The number of hydrogen-bond acceptors (Lipinski definition) is 5. The monoisotopic (exact) mass is 462 g/mol. The number of Topliss-reactive ketones (excluding diaryl/α,β-unsaturated/α-hetero) is 1. The summed E-state index contributed by atoms with van der Waals surface area (Å²) in [5.41, 5.74) is 3.22. The van der Waals surface area contributed by atoms with E-state index in [0.717, 1.165) is 17.5 Å². The number of carbonyl (C=O) groups is 2. The highest BCUT2D eigenvalue weighted by Crippen LogP contribution is 2.44. The van der Waals surface area contributed by atoms with Crippen LogP contribution in [0.5, 0.6) is 5.75 Å². The van der Waals surface area contributed by atoms with Gasteiger partial charge in [0.25, 0.3) is 11.7 Å². The number of amides is 1. The molecule has 1 aromatic heterocycles. The molecule has 1 atom stereocenters. The van der Waals surface area contributed by atoms with Gasteiger partial charge in [-0.25, -0.2) is 0 Å². The van der Waals surface area contributed by atoms with E-state index in [-0.39, 0.29) is 22.6 Å². The highest BCUT2D eigenvalue weighted by atomic mass is 35.5. The van der Waals surface area contributed by atoms with Gasteiger partial charge in [0.1, 0.15) is 11.5 Å². The third kappa shape index (κ3) is 3.98. The molecule has 1 aliphatic rings. The molecule has 1 saturated heterocycles. The zero-order chi connectivity index (χ0) is 23.7. The molecule has 2 aromatic carbocycles. The Bertz CT molecular complexity index is 1250. The average molecular weight is 463 g/mol. The van der Waals surface area contributed by atoms with Crippen molar-refractivity contribution in [1.82, 2.24) is 4.98 Å². The van der Waals surface area contributed by atoms with Gasteiger partial charge in [-0.2, -0.15) is 0 Å². The van der Waals surface area contributed by atoms with Crippen molar-refractivity contribution < 1.29 is 19.4 Å². The molecule has 4 rings (SSSR count). The second-order valence-electron chi connectivity index (χ2n) is 7.80. The Morgan fingerprint density at radius 2 is 1.91 bits per heavy atom. The molecule has 0 aliphatic carbocycles. The van der Waals surface area contributed by atoms with Crippen molar-refractivity contribution in [3.05, 3.63) is 93.8 Å². The predicted molar refractivity (Wildman–Crippen MR) is 128 cm³/mol. The van der Waals surface area contributed by atoms with Crippen LogP contribution in [0.1, 0.15) is 35.2 Å². The molecule has 1 aliphatic heterocycles. The van der Waals surface area contributed by atoms with E-state index in [2.05, 4.69) is 4.98 Å². The SMILES string of the molecule is CCc1ccc(N2C(=O)C(=O)/C(=C(/O)c3cc(C)cc(Cl)c3OC)C2c2cccnc2)cc1. The number of carbonyl (C=O) groups excluding carboxylic acids is 2. The van der Waals surface area contributed by atoms with Gasteiger partial charge >= 0.3 is 0 Å². The maximum absolute atomic E-state index is 13.3. The van der Waals surface area contributed by atoms with Gasteiger partial charge in [-0.1, -0.05) is 36.7 Å². The van der Waals surface area contributed by atoms with Crippen molar-refractivity contribution in [3.63, 3.8) is 0 Å². The highest BCUT2D eigenvalue weighted by Gasteiger charge is 2.47. The van der Waals surface area contributed by atoms with Crippen molar-refractivity contribution >= 4 is 34.7 Å². The number of nitrogens with zero attached hydrogens (tertiary/aromatic N) is 2. The van der Waals surface area contributed by atoms with Crippen LogP contribution in [-0.4, -0.2) is 28.9 Å². The molecule has 168 valence electrons. The van der Waals surface area contributed by atoms with Crippen molar-refractivity contribution in [3.8, 4) is 5.75 Å². The second kappa shape index (κ2) is 9.08. The summed E-state index contributed by atoms with van der Waals surface area (Å²) in [5, 5.41) is 11.7. The van der Waals surface area contributed by atoms with Gasteiger partial charge in [-0.3, -0.25) is 19.5 Å². The summed E-state index contributed by atoms with van der Waals surface area (Å²) in [6.45, 7) is 3.85. The normalized spacial score (nSPS) is 17.5. The lowest BCUT2D eigenvalue weighted by molar-refractivity contribution is -0.132. The highest BCUT2D eigenvalue weighted by molar-refractivity contribution is 6.51. The number of pyridine rings is 1. The molecule has 1 amide bonds. The van der Waals surface area contributed by atoms with Crippen LogP contribution in [0.3, 0.4) is 0 Å². The van der Waals surface area contributed by atoms with Crippen LogP contribution in [0, 0.1) is 6.92 Å². The topological polar surface area (TPSA) is 79.7 Å². The summed E-state index contributed by atoms with van der Waals surface area (Å²) in [5.74, 6) is -1.64. The third-order valence-corrected chi connectivity index (χ3v) is 6.00. The van der Waals surface area contributed by atoms with Gasteiger partial charge in [-0.05, 0) is 60.4 Å². The summed E-state index contributed by atoms with van der Waals surface area (Å²) in [6, 6.07) is 13.4. The van der Waals surface area contributed by atoms with Gasteiger partial charge in [0, 0.05) is 18.1 Å². The Morgan fingerprint density at radius 1 is 1.18 bits per heavy atom. The third-order valence-electron chi connectivity index (χ3n) is 5.71. The second-order valence-corrected chi connectivity index (χ2v) is 8.21. The zero-order valence-electron chi connectivity index (χ0n) is 18.5. The molecule has 1 N–H and O–H groups in total. The molecule has 3 aromatic rings. The Morgan fingerprint density at radius 3 is 2.52 bits per heavy atom. The number of rotatable bonds is 5. The first kappa shape index (κ1) is 22.6. The average Bonchev–Trinajstić information content (AvgIpc) is 3.09. The molecular formula is C26H23ClN2O4. The fraction of sp³-hybridized carbons (Fsp3) is 0.192. The van der Waals surface area contributed by atoms with Crippen LogP contribution in [0.4, 0.5) is 5.69 Å². The van der Waals surface area contributed by atoms with E-state index in [4.69, 9.17) is 16.3 Å². The summed E-state index contributed by atoms with van der Waals surface area (Å²) >= 11 is 6.33. The summed E-state index contributed by atoms with van der Waals surface area (Å²) in [6.07, 6.45) is 4.03. The first-order valence-corrected chi connectivity index (χ1v) is 10.9. The molecule has 0 saturated carbocycles. The van der Waals surface area contributed by atoms with Crippen molar-refractivity contribution in [2.24, 2.45) is 0 Å². The van der Waals surface area contributed by atoms with Crippen molar-refractivity contribution in [2.45, 2.75) is 26.3 Å².